The number of anilines is 1. The first-order valence-corrected chi connectivity index (χ1v) is 7.12. The maximum absolute atomic E-state index is 12.0. The Kier molecular flexibility index (Phi) is 4.93. The molecule has 0 bridgehead atoms. The number of aryl methyl sites for hydroxylation is 2. The number of hydrogen-bond donors (Lipinski definition) is 2. The van der Waals surface area contributed by atoms with Crippen LogP contribution in [0.3, 0.4) is 0 Å². The zero-order valence-electron chi connectivity index (χ0n) is 13.0. The quantitative estimate of drug-likeness (QED) is 0.884. The van der Waals surface area contributed by atoms with Crippen molar-refractivity contribution in [1.29, 1.82) is 0 Å². The summed E-state index contributed by atoms with van der Waals surface area (Å²) >= 11 is 0. The van der Waals surface area contributed by atoms with Crippen molar-refractivity contribution in [2.45, 2.75) is 26.8 Å². The highest BCUT2D eigenvalue weighted by Crippen LogP contribution is 2.18. The molecule has 0 fully saturated rings. The van der Waals surface area contributed by atoms with E-state index in [0.29, 0.717) is 0 Å². The minimum atomic E-state index is -0.456. The fourth-order valence-electron chi connectivity index (χ4n) is 2.14. The van der Waals surface area contributed by atoms with E-state index in [-0.39, 0.29) is 18.4 Å². The van der Waals surface area contributed by atoms with Crippen LogP contribution >= 0.6 is 0 Å². The van der Waals surface area contributed by atoms with Crippen molar-refractivity contribution in [1.82, 2.24) is 15.1 Å². The Morgan fingerprint density at radius 3 is 2.50 bits per heavy atom. The fraction of sp³-hybridized carbons (Fsp3) is 0.312. The van der Waals surface area contributed by atoms with Gasteiger partial charge in [-0.1, -0.05) is 18.2 Å². The summed E-state index contributed by atoms with van der Waals surface area (Å²) in [6.45, 7) is 5.52. The molecule has 116 valence electrons. The van der Waals surface area contributed by atoms with E-state index >= 15 is 0 Å². The summed E-state index contributed by atoms with van der Waals surface area (Å²) in [7, 11) is 0. The van der Waals surface area contributed by atoms with Gasteiger partial charge in [-0.25, -0.2) is 0 Å². The lowest BCUT2D eigenvalue weighted by molar-refractivity contribution is -0.126. The SMILES string of the molecule is Cc1cccc(C)c1NC(=O)CNC(=O)C(C)n1cccn1. The van der Waals surface area contributed by atoms with Gasteiger partial charge in [0.15, 0.2) is 0 Å². The van der Waals surface area contributed by atoms with Crippen LogP contribution in [0.25, 0.3) is 0 Å². The molecule has 0 saturated carbocycles. The molecule has 6 nitrogen and oxygen atoms in total. The standard InChI is InChI=1S/C16H20N4O2/c1-11-6-4-7-12(2)15(11)19-14(21)10-17-16(22)13(3)20-9-5-8-18-20/h4-9,13H,10H2,1-3H3,(H,17,22)(H,19,21). The minimum absolute atomic E-state index is 0.0712. The number of rotatable bonds is 5. The van der Waals surface area contributed by atoms with E-state index in [1.165, 1.54) is 0 Å². The third-order valence-electron chi connectivity index (χ3n) is 3.47. The van der Waals surface area contributed by atoms with Crippen molar-refractivity contribution in [2.75, 3.05) is 11.9 Å². The van der Waals surface area contributed by atoms with Gasteiger partial charge in [-0.2, -0.15) is 5.10 Å². The Hall–Kier alpha value is -2.63. The predicted molar refractivity (Wildman–Crippen MR) is 84.5 cm³/mol. The molecule has 2 N–H and O–H groups in total. The van der Waals surface area contributed by atoms with Gasteiger partial charge in [0, 0.05) is 18.1 Å². The van der Waals surface area contributed by atoms with Gasteiger partial charge < -0.3 is 10.6 Å². The van der Waals surface area contributed by atoms with Gasteiger partial charge >= 0.3 is 0 Å². The summed E-state index contributed by atoms with van der Waals surface area (Å²) in [6.07, 6.45) is 3.32. The number of nitrogens with one attached hydrogen (secondary N) is 2. The second-order valence-corrected chi connectivity index (χ2v) is 5.19. The third-order valence-corrected chi connectivity index (χ3v) is 3.47. The van der Waals surface area contributed by atoms with Gasteiger partial charge in [0.05, 0.1) is 6.54 Å². The molecule has 0 saturated heterocycles. The molecule has 1 aromatic carbocycles. The van der Waals surface area contributed by atoms with E-state index in [1.54, 1.807) is 30.1 Å². The molecule has 2 aromatic rings. The zero-order chi connectivity index (χ0) is 16.1. The molecule has 0 aliphatic heterocycles. The number of amides is 2. The smallest absolute Gasteiger partial charge is 0.245 e. The van der Waals surface area contributed by atoms with Crippen LogP contribution < -0.4 is 10.6 Å². The summed E-state index contributed by atoms with van der Waals surface area (Å²) in [6, 6.07) is 7.09. The number of carbonyl (C=O) groups excluding carboxylic acids is 2. The molecular weight excluding hydrogens is 280 g/mol. The zero-order valence-corrected chi connectivity index (χ0v) is 13.0. The summed E-state index contributed by atoms with van der Waals surface area (Å²) in [5.74, 6) is -0.501. The Balaban J connectivity index is 1.89. The lowest BCUT2D eigenvalue weighted by Gasteiger charge is -2.14. The molecule has 6 heteroatoms. The number of hydrogen-bond acceptors (Lipinski definition) is 3. The molecule has 1 aromatic heterocycles. The molecule has 1 atom stereocenters. The third kappa shape index (κ3) is 3.72. The second-order valence-electron chi connectivity index (χ2n) is 5.19. The van der Waals surface area contributed by atoms with Crippen molar-refractivity contribution in [3.05, 3.63) is 47.8 Å². The summed E-state index contributed by atoms with van der Waals surface area (Å²) in [4.78, 5) is 24.0. The molecule has 0 spiro atoms. The topological polar surface area (TPSA) is 76.0 Å². The molecule has 1 unspecified atom stereocenters. The first-order valence-electron chi connectivity index (χ1n) is 7.12. The van der Waals surface area contributed by atoms with E-state index < -0.39 is 6.04 Å². The van der Waals surface area contributed by atoms with Gasteiger partial charge in [0.25, 0.3) is 0 Å². The Morgan fingerprint density at radius 2 is 1.91 bits per heavy atom. The molecule has 0 aliphatic carbocycles. The first-order chi connectivity index (χ1) is 10.5. The van der Waals surface area contributed by atoms with Crippen LogP contribution in [0.15, 0.2) is 36.7 Å². The number of carbonyl (C=O) groups is 2. The summed E-state index contributed by atoms with van der Waals surface area (Å²) < 4.78 is 1.54. The average molecular weight is 300 g/mol. The lowest BCUT2D eigenvalue weighted by Crippen LogP contribution is -2.37. The Morgan fingerprint density at radius 1 is 1.23 bits per heavy atom. The van der Waals surface area contributed by atoms with Crippen LogP contribution in [-0.4, -0.2) is 28.1 Å². The van der Waals surface area contributed by atoms with Gasteiger partial charge in [-0.05, 0) is 38.0 Å². The van der Waals surface area contributed by atoms with Crippen molar-refractivity contribution in [2.24, 2.45) is 0 Å². The van der Waals surface area contributed by atoms with Crippen LogP contribution in [0.1, 0.15) is 24.1 Å². The van der Waals surface area contributed by atoms with Crippen molar-refractivity contribution in [3.63, 3.8) is 0 Å². The van der Waals surface area contributed by atoms with E-state index in [2.05, 4.69) is 15.7 Å². The molecule has 0 aliphatic rings. The average Bonchev–Trinajstić information content (AvgIpc) is 3.02. The normalized spacial score (nSPS) is 11.8. The van der Waals surface area contributed by atoms with E-state index in [9.17, 15) is 9.59 Å². The number of nitrogens with zero attached hydrogens (tertiary/aromatic N) is 2. The van der Waals surface area contributed by atoms with Crippen molar-refractivity contribution >= 4 is 17.5 Å². The molecular formula is C16H20N4O2. The first kappa shape index (κ1) is 15.8. The highest BCUT2D eigenvalue weighted by molar-refractivity contribution is 5.96. The highest BCUT2D eigenvalue weighted by Gasteiger charge is 2.16. The Labute approximate surface area is 129 Å². The second kappa shape index (κ2) is 6.89. The van der Waals surface area contributed by atoms with E-state index in [1.807, 2.05) is 32.0 Å². The summed E-state index contributed by atoms with van der Waals surface area (Å²) in [5.41, 5.74) is 2.77. The minimum Gasteiger partial charge on any atom is -0.345 e. The van der Waals surface area contributed by atoms with Crippen LogP contribution in [0.2, 0.25) is 0 Å². The predicted octanol–water partition coefficient (Wildman–Crippen LogP) is 1.82. The monoisotopic (exact) mass is 300 g/mol. The maximum Gasteiger partial charge on any atom is 0.245 e. The number of benzene rings is 1. The van der Waals surface area contributed by atoms with Crippen LogP contribution in [0.5, 0.6) is 0 Å². The summed E-state index contributed by atoms with van der Waals surface area (Å²) in [5, 5.41) is 9.46. The van der Waals surface area contributed by atoms with Gasteiger partial charge in [-0.15, -0.1) is 0 Å². The molecule has 1 heterocycles. The van der Waals surface area contributed by atoms with Crippen LogP contribution in [0.4, 0.5) is 5.69 Å². The number of aromatic nitrogens is 2. The highest BCUT2D eigenvalue weighted by atomic mass is 16.2. The van der Waals surface area contributed by atoms with Crippen molar-refractivity contribution in [3.8, 4) is 0 Å². The molecule has 2 rings (SSSR count). The molecule has 2 amide bonds. The van der Waals surface area contributed by atoms with Crippen LogP contribution in [0, 0.1) is 13.8 Å². The van der Waals surface area contributed by atoms with Gasteiger partial charge in [0.1, 0.15) is 6.04 Å². The largest absolute Gasteiger partial charge is 0.345 e. The van der Waals surface area contributed by atoms with Crippen molar-refractivity contribution < 1.29 is 9.59 Å². The van der Waals surface area contributed by atoms with Gasteiger partial charge in [-0.3, -0.25) is 14.3 Å². The Bertz CT molecular complexity index is 645. The lowest BCUT2D eigenvalue weighted by atomic mass is 10.1. The maximum atomic E-state index is 12.0. The molecule has 22 heavy (non-hydrogen) atoms. The van der Waals surface area contributed by atoms with Gasteiger partial charge in [0.2, 0.25) is 11.8 Å². The van der Waals surface area contributed by atoms with Crippen LogP contribution in [-0.2, 0) is 9.59 Å². The number of para-hydroxylation sites is 1. The molecule has 0 radical (unpaired) electrons. The van der Waals surface area contributed by atoms with E-state index in [0.717, 1.165) is 16.8 Å². The van der Waals surface area contributed by atoms with E-state index in [4.69, 9.17) is 0 Å². The fourth-order valence-corrected chi connectivity index (χ4v) is 2.14.